The molecule has 0 aliphatic heterocycles. The van der Waals surface area contributed by atoms with Gasteiger partial charge in [-0.3, -0.25) is 4.79 Å². The Morgan fingerprint density at radius 3 is 2.67 bits per heavy atom. The highest BCUT2D eigenvalue weighted by atomic mass is 35.5. The fourth-order valence-electron chi connectivity index (χ4n) is 3.02. The van der Waals surface area contributed by atoms with Gasteiger partial charge in [0.2, 0.25) is 5.43 Å². The second-order valence-electron chi connectivity index (χ2n) is 6.37. The first kappa shape index (κ1) is 17.0. The molecule has 1 aliphatic rings. The summed E-state index contributed by atoms with van der Waals surface area (Å²) in [7, 11) is 0. The lowest BCUT2D eigenvalue weighted by atomic mass is 9.97. The van der Waals surface area contributed by atoms with Gasteiger partial charge >= 0.3 is 5.97 Å². The van der Waals surface area contributed by atoms with Gasteiger partial charge in [-0.25, -0.2) is 9.18 Å². The van der Waals surface area contributed by atoms with Gasteiger partial charge in [0.25, 0.3) is 0 Å². The van der Waals surface area contributed by atoms with Crippen molar-refractivity contribution in [3.8, 4) is 0 Å². The number of carbonyl (C=O) groups is 1. The molecule has 0 N–H and O–H groups in total. The molecule has 0 amide bonds. The summed E-state index contributed by atoms with van der Waals surface area (Å²) in [6, 6.07) is 1.33. The van der Waals surface area contributed by atoms with Crippen LogP contribution in [0.1, 0.15) is 61.5 Å². The number of fused-ring (bicyclic) bond motifs is 1. The van der Waals surface area contributed by atoms with Gasteiger partial charge < -0.3 is 9.30 Å². The standard InChI is InChI=1S/C18H19ClFNO3/c1-4-24-18(23)12-8-21(10-5-6-10)16-11(17(12)22)7-13(20)15(19)14(16)9(2)3/h7-10H,4-6H2,1-3H3. The number of ether oxygens (including phenoxy) is 1. The van der Waals surface area contributed by atoms with Crippen LogP contribution in [0.3, 0.4) is 0 Å². The van der Waals surface area contributed by atoms with Crippen molar-refractivity contribution in [2.24, 2.45) is 0 Å². The molecule has 0 bridgehead atoms. The third-order valence-electron chi connectivity index (χ3n) is 4.26. The first-order valence-corrected chi connectivity index (χ1v) is 8.48. The summed E-state index contributed by atoms with van der Waals surface area (Å²) in [5.41, 5.74) is 0.647. The van der Waals surface area contributed by atoms with E-state index in [1.807, 2.05) is 18.4 Å². The van der Waals surface area contributed by atoms with Crippen LogP contribution >= 0.6 is 11.6 Å². The molecule has 0 atom stereocenters. The fraction of sp³-hybridized carbons (Fsp3) is 0.444. The van der Waals surface area contributed by atoms with Gasteiger partial charge in [0.15, 0.2) is 0 Å². The minimum absolute atomic E-state index is 0.0372. The van der Waals surface area contributed by atoms with Crippen LogP contribution < -0.4 is 5.43 Å². The van der Waals surface area contributed by atoms with E-state index < -0.39 is 17.2 Å². The second-order valence-corrected chi connectivity index (χ2v) is 6.75. The molecule has 0 unspecified atom stereocenters. The Morgan fingerprint density at radius 1 is 1.46 bits per heavy atom. The van der Waals surface area contributed by atoms with Crippen molar-refractivity contribution in [2.45, 2.75) is 45.6 Å². The molecule has 2 aromatic rings. The van der Waals surface area contributed by atoms with Gasteiger partial charge in [0, 0.05) is 23.2 Å². The lowest BCUT2D eigenvalue weighted by molar-refractivity contribution is 0.0524. The molecule has 24 heavy (non-hydrogen) atoms. The van der Waals surface area contributed by atoms with Crippen LogP contribution in [-0.2, 0) is 4.74 Å². The molecule has 1 aromatic heterocycles. The van der Waals surface area contributed by atoms with E-state index in [1.165, 1.54) is 0 Å². The van der Waals surface area contributed by atoms with E-state index in [1.54, 1.807) is 13.1 Å². The van der Waals surface area contributed by atoms with E-state index in [2.05, 4.69) is 0 Å². The van der Waals surface area contributed by atoms with Crippen molar-refractivity contribution >= 4 is 28.5 Å². The Hall–Kier alpha value is -1.88. The summed E-state index contributed by atoms with van der Waals surface area (Å²) in [6.45, 7) is 5.66. The van der Waals surface area contributed by atoms with Crippen molar-refractivity contribution in [3.05, 3.63) is 44.5 Å². The first-order chi connectivity index (χ1) is 11.4. The van der Waals surface area contributed by atoms with Crippen LogP contribution in [0.2, 0.25) is 5.02 Å². The molecular formula is C18H19ClFNO3. The van der Waals surface area contributed by atoms with Crippen molar-refractivity contribution in [1.82, 2.24) is 4.57 Å². The van der Waals surface area contributed by atoms with Gasteiger partial charge in [-0.2, -0.15) is 0 Å². The van der Waals surface area contributed by atoms with Crippen molar-refractivity contribution in [1.29, 1.82) is 0 Å². The molecule has 1 fully saturated rings. The number of carbonyl (C=O) groups excluding carboxylic acids is 1. The lowest BCUT2D eigenvalue weighted by Crippen LogP contribution is -2.22. The van der Waals surface area contributed by atoms with Gasteiger partial charge in [0.05, 0.1) is 17.1 Å². The topological polar surface area (TPSA) is 48.3 Å². The predicted molar refractivity (Wildman–Crippen MR) is 91.5 cm³/mol. The fourth-order valence-corrected chi connectivity index (χ4v) is 3.38. The Labute approximate surface area is 144 Å². The molecule has 0 saturated heterocycles. The monoisotopic (exact) mass is 351 g/mol. The molecule has 0 spiro atoms. The normalized spacial score (nSPS) is 14.4. The van der Waals surface area contributed by atoms with Gasteiger partial charge in [-0.1, -0.05) is 25.4 Å². The van der Waals surface area contributed by atoms with Crippen LogP contribution in [-0.4, -0.2) is 17.1 Å². The largest absolute Gasteiger partial charge is 0.462 e. The van der Waals surface area contributed by atoms with E-state index >= 15 is 0 Å². The summed E-state index contributed by atoms with van der Waals surface area (Å²) < 4.78 is 21.1. The molecule has 1 saturated carbocycles. The minimum Gasteiger partial charge on any atom is -0.462 e. The van der Waals surface area contributed by atoms with Crippen molar-refractivity contribution in [3.63, 3.8) is 0 Å². The van der Waals surface area contributed by atoms with Crippen molar-refractivity contribution < 1.29 is 13.9 Å². The van der Waals surface area contributed by atoms with Crippen LogP contribution in [0.5, 0.6) is 0 Å². The number of halogens is 2. The van der Waals surface area contributed by atoms with E-state index in [-0.39, 0.29) is 34.5 Å². The van der Waals surface area contributed by atoms with Crippen molar-refractivity contribution in [2.75, 3.05) is 6.61 Å². The Bertz CT molecular complexity index is 884. The number of hydrogen-bond donors (Lipinski definition) is 0. The number of benzene rings is 1. The maximum Gasteiger partial charge on any atom is 0.343 e. The number of rotatable bonds is 4. The molecular weight excluding hydrogens is 333 g/mol. The van der Waals surface area contributed by atoms with Crippen LogP contribution in [0, 0.1) is 5.82 Å². The zero-order valence-electron chi connectivity index (χ0n) is 13.9. The van der Waals surface area contributed by atoms with E-state index in [4.69, 9.17) is 16.3 Å². The molecule has 1 heterocycles. The molecule has 128 valence electrons. The quantitative estimate of drug-likeness (QED) is 0.766. The molecule has 3 rings (SSSR count). The van der Waals surface area contributed by atoms with Gasteiger partial charge in [-0.15, -0.1) is 0 Å². The molecule has 1 aliphatic carbocycles. The summed E-state index contributed by atoms with van der Waals surface area (Å²) >= 11 is 6.19. The number of pyridine rings is 1. The molecule has 4 nitrogen and oxygen atoms in total. The zero-order chi connectivity index (χ0) is 17.6. The number of esters is 1. The maximum atomic E-state index is 14.3. The average Bonchev–Trinajstić information content (AvgIpc) is 3.34. The summed E-state index contributed by atoms with van der Waals surface area (Å²) in [6.07, 6.45) is 3.44. The minimum atomic E-state index is -0.680. The highest BCUT2D eigenvalue weighted by Crippen LogP contribution is 2.41. The smallest absolute Gasteiger partial charge is 0.343 e. The van der Waals surface area contributed by atoms with Crippen LogP contribution in [0.4, 0.5) is 4.39 Å². The number of hydrogen-bond acceptors (Lipinski definition) is 3. The summed E-state index contributed by atoms with van der Waals surface area (Å²) in [5, 5.41) is 0.216. The highest BCUT2D eigenvalue weighted by molar-refractivity contribution is 6.32. The molecule has 6 heteroatoms. The third kappa shape index (κ3) is 2.71. The summed E-state index contributed by atoms with van der Waals surface area (Å²) in [5.74, 6) is -1.39. The Kier molecular flexibility index (Phi) is 4.38. The second kappa shape index (κ2) is 6.20. The Balaban J connectivity index is 2.43. The first-order valence-electron chi connectivity index (χ1n) is 8.10. The third-order valence-corrected chi connectivity index (χ3v) is 4.64. The number of aromatic nitrogens is 1. The van der Waals surface area contributed by atoms with Crippen LogP contribution in [0.15, 0.2) is 17.1 Å². The zero-order valence-corrected chi connectivity index (χ0v) is 14.6. The van der Waals surface area contributed by atoms with E-state index in [0.717, 1.165) is 18.9 Å². The van der Waals surface area contributed by atoms with E-state index in [9.17, 15) is 14.0 Å². The summed E-state index contributed by atoms with van der Waals surface area (Å²) in [4.78, 5) is 24.9. The predicted octanol–water partition coefficient (Wildman–Crippen LogP) is 4.43. The number of nitrogens with zero attached hydrogens (tertiary/aromatic N) is 1. The molecule has 0 radical (unpaired) electrons. The average molecular weight is 352 g/mol. The van der Waals surface area contributed by atoms with Crippen LogP contribution in [0.25, 0.3) is 10.9 Å². The SMILES string of the molecule is CCOC(=O)c1cn(C2CC2)c2c(C(C)C)c(Cl)c(F)cc2c1=O. The van der Waals surface area contributed by atoms with Gasteiger partial charge in [-0.05, 0) is 31.7 Å². The maximum absolute atomic E-state index is 14.3. The molecule has 1 aromatic carbocycles. The highest BCUT2D eigenvalue weighted by Gasteiger charge is 2.30. The van der Waals surface area contributed by atoms with E-state index in [0.29, 0.717) is 11.1 Å². The van der Waals surface area contributed by atoms with Gasteiger partial charge in [0.1, 0.15) is 11.4 Å². The lowest BCUT2D eigenvalue weighted by Gasteiger charge is -2.19. The Morgan fingerprint density at radius 2 is 2.12 bits per heavy atom.